The fourth-order valence-corrected chi connectivity index (χ4v) is 3.41. The second-order valence-electron chi connectivity index (χ2n) is 6.78. The maximum Gasteiger partial charge on any atom is 0.317 e. The number of likely N-dealkylation sites (tertiary alicyclic amines) is 1. The average molecular weight is 358 g/mol. The van der Waals surface area contributed by atoms with E-state index in [4.69, 9.17) is 4.74 Å². The Morgan fingerprint density at radius 2 is 2.19 bits per heavy atom. The summed E-state index contributed by atoms with van der Waals surface area (Å²) in [5.74, 6) is 0.860. The molecular formula is C19H26N4O3. The molecule has 1 atom stereocenters. The third kappa shape index (κ3) is 3.92. The highest BCUT2D eigenvalue weighted by atomic mass is 16.5. The van der Waals surface area contributed by atoms with E-state index < -0.39 is 0 Å². The van der Waals surface area contributed by atoms with E-state index in [9.17, 15) is 9.59 Å². The predicted octanol–water partition coefficient (Wildman–Crippen LogP) is 2.33. The molecule has 3 rings (SSSR count). The first-order chi connectivity index (χ1) is 12.5. The minimum atomic E-state index is -0.128. The quantitative estimate of drug-likeness (QED) is 0.881. The van der Waals surface area contributed by atoms with Crippen LogP contribution in [0.5, 0.6) is 5.75 Å². The fraction of sp³-hybridized carbons (Fsp3) is 0.474. The van der Waals surface area contributed by atoms with Gasteiger partial charge in [-0.15, -0.1) is 0 Å². The summed E-state index contributed by atoms with van der Waals surface area (Å²) in [5.41, 5.74) is 1.91. The lowest BCUT2D eigenvalue weighted by atomic mass is 10.0. The van der Waals surface area contributed by atoms with Crippen LogP contribution in [-0.4, -0.2) is 60.0 Å². The first kappa shape index (κ1) is 18.1. The van der Waals surface area contributed by atoms with Crippen LogP contribution in [0.2, 0.25) is 0 Å². The highest BCUT2D eigenvalue weighted by molar-refractivity contribution is 5.82. The highest BCUT2D eigenvalue weighted by Crippen LogP contribution is 2.21. The van der Waals surface area contributed by atoms with Gasteiger partial charge in [0.15, 0.2) is 0 Å². The Kier molecular flexibility index (Phi) is 5.35. The molecule has 0 aliphatic carbocycles. The Bertz CT molecular complexity index is 801. The van der Waals surface area contributed by atoms with Crippen molar-refractivity contribution < 1.29 is 14.3 Å². The molecule has 140 valence electrons. The number of aromatic amines is 1. The molecule has 26 heavy (non-hydrogen) atoms. The predicted molar refractivity (Wildman–Crippen MR) is 100 cm³/mol. The molecule has 0 saturated carbocycles. The number of ether oxygens (including phenoxy) is 1. The zero-order chi connectivity index (χ0) is 18.7. The largest absolute Gasteiger partial charge is 0.497 e. The Balaban J connectivity index is 1.58. The van der Waals surface area contributed by atoms with Crippen LogP contribution in [-0.2, 0) is 11.3 Å². The number of nitrogens with one attached hydrogen (secondary N) is 2. The van der Waals surface area contributed by atoms with Gasteiger partial charge in [0.1, 0.15) is 5.75 Å². The number of likely N-dealkylation sites (N-methyl/N-ethyl adjacent to an activating group) is 1. The van der Waals surface area contributed by atoms with Crippen LogP contribution >= 0.6 is 0 Å². The van der Waals surface area contributed by atoms with Crippen LogP contribution in [0.25, 0.3) is 10.9 Å². The maximum absolute atomic E-state index is 12.5. The first-order valence-electron chi connectivity index (χ1n) is 8.89. The van der Waals surface area contributed by atoms with Gasteiger partial charge in [-0.3, -0.25) is 4.79 Å². The lowest BCUT2D eigenvalue weighted by Gasteiger charge is -2.37. The molecule has 1 aromatic carbocycles. The summed E-state index contributed by atoms with van der Waals surface area (Å²) in [6.07, 6.45) is 1.84. The number of urea groups is 1. The number of carbonyl (C=O) groups excluding carboxylic acids is 2. The third-order valence-electron chi connectivity index (χ3n) is 5.03. The van der Waals surface area contributed by atoms with Crippen LogP contribution in [0.15, 0.2) is 24.3 Å². The number of hydrogen-bond donors (Lipinski definition) is 2. The normalized spacial score (nSPS) is 17.2. The lowest BCUT2D eigenvalue weighted by Crippen LogP contribution is -2.52. The molecule has 1 aliphatic rings. The molecule has 3 amide bonds. The van der Waals surface area contributed by atoms with E-state index in [1.165, 1.54) is 0 Å². The second kappa shape index (κ2) is 7.68. The molecule has 2 N–H and O–H groups in total. The molecule has 7 nitrogen and oxygen atoms in total. The summed E-state index contributed by atoms with van der Waals surface area (Å²) in [4.78, 5) is 30.9. The average Bonchev–Trinajstić information content (AvgIpc) is 3.07. The Hall–Kier alpha value is -2.70. The zero-order valence-electron chi connectivity index (χ0n) is 15.5. The van der Waals surface area contributed by atoms with Crippen molar-refractivity contribution >= 4 is 22.8 Å². The number of amides is 3. The fourth-order valence-electron chi connectivity index (χ4n) is 3.41. The summed E-state index contributed by atoms with van der Waals surface area (Å²) in [7, 11) is 3.43. The number of benzene rings is 1. The number of piperidine rings is 1. The van der Waals surface area contributed by atoms with Crippen molar-refractivity contribution in [1.82, 2.24) is 20.1 Å². The number of hydrogen-bond acceptors (Lipinski definition) is 3. The number of rotatable bonds is 4. The standard InChI is InChI=1S/C19H26N4O3/c1-13(24)23-8-4-5-16(12-23)22(2)19(25)20-11-15-9-14-6-7-17(26-3)10-18(14)21-15/h6-7,9-10,16,21H,4-5,8,11-12H2,1-3H3,(H,20,25)/t16-/m1/s1. The van der Waals surface area contributed by atoms with E-state index in [-0.39, 0.29) is 18.0 Å². The molecule has 1 saturated heterocycles. The molecule has 1 aromatic heterocycles. The minimum Gasteiger partial charge on any atom is -0.497 e. The van der Waals surface area contributed by atoms with Gasteiger partial charge < -0.3 is 24.8 Å². The van der Waals surface area contributed by atoms with E-state index in [0.29, 0.717) is 13.1 Å². The lowest BCUT2D eigenvalue weighted by molar-refractivity contribution is -0.130. The third-order valence-corrected chi connectivity index (χ3v) is 5.03. The number of fused-ring (bicyclic) bond motifs is 1. The van der Waals surface area contributed by atoms with E-state index in [2.05, 4.69) is 10.3 Å². The van der Waals surface area contributed by atoms with Crippen LogP contribution in [0.3, 0.4) is 0 Å². The number of methoxy groups -OCH3 is 1. The molecule has 0 radical (unpaired) electrons. The van der Waals surface area contributed by atoms with E-state index in [1.807, 2.05) is 29.2 Å². The summed E-state index contributed by atoms with van der Waals surface area (Å²) in [6.45, 7) is 3.38. The van der Waals surface area contributed by atoms with Crippen LogP contribution in [0, 0.1) is 0 Å². The van der Waals surface area contributed by atoms with Gasteiger partial charge in [0.05, 0.1) is 19.7 Å². The topological polar surface area (TPSA) is 77.7 Å². The van der Waals surface area contributed by atoms with Crippen molar-refractivity contribution in [3.05, 3.63) is 30.0 Å². The van der Waals surface area contributed by atoms with Crippen molar-refractivity contribution in [2.24, 2.45) is 0 Å². The molecule has 7 heteroatoms. The SMILES string of the molecule is COc1ccc2cc(CNC(=O)N(C)[C@@H]3CCCN(C(C)=O)C3)[nH]c2c1. The van der Waals surface area contributed by atoms with Crippen molar-refractivity contribution in [2.75, 3.05) is 27.2 Å². The molecule has 1 aliphatic heterocycles. The number of carbonyl (C=O) groups is 2. The van der Waals surface area contributed by atoms with Gasteiger partial charge in [-0.2, -0.15) is 0 Å². The molecule has 2 aromatic rings. The summed E-state index contributed by atoms with van der Waals surface area (Å²) in [6, 6.07) is 7.78. The van der Waals surface area contributed by atoms with E-state index >= 15 is 0 Å². The van der Waals surface area contributed by atoms with Crippen LogP contribution in [0.4, 0.5) is 4.79 Å². The van der Waals surface area contributed by atoms with Crippen molar-refractivity contribution in [1.29, 1.82) is 0 Å². The minimum absolute atomic E-state index is 0.0552. The molecule has 0 bridgehead atoms. The summed E-state index contributed by atoms with van der Waals surface area (Å²) < 4.78 is 5.23. The van der Waals surface area contributed by atoms with Gasteiger partial charge in [0.2, 0.25) is 5.91 Å². The Morgan fingerprint density at radius 3 is 2.92 bits per heavy atom. The van der Waals surface area contributed by atoms with Crippen molar-refractivity contribution in [3.8, 4) is 5.75 Å². The summed E-state index contributed by atoms with van der Waals surface area (Å²) >= 11 is 0. The van der Waals surface area contributed by atoms with Gasteiger partial charge in [0.25, 0.3) is 0 Å². The van der Waals surface area contributed by atoms with Crippen LogP contribution in [0.1, 0.15) is 25.5 Å². The van der Waals surface area contributed by atoms with Crippen LogP contribution < -0.4 is 10.1 Å². The zero-order valence-corrected chi connectivity index (χ0v) is 15.5. The first-order valence-corrected chi connectivity index (χ1v) is 8.89. The van der Waals surface area contributed by atoms with Crippen molar-refractivity contribution in [2.45, 2.75) is 32.4 Å². The van der Waals surface area contributed by atoms with Gasteiger partial charge >= 0.3 is 6.03 Å². The monoisotopic (exact) mass is 358 g/mol. The maximum atomic E-state index is 12.5. The van der Waals surface area contributed by atoms with E-state index in [0.717, 1.165) is 41.7 Å². The Morgan fingerprint density at radius 1 is 1.38 bits per heavy atom. The van der Waals surface area contributed by atoms with E-state index in [1.54, 1.807) is 26.0 Å². The highest BCUT2D eigenvalue weighted by Gasteiger charge is 2.27. The van der Waals surface area contributed by atoms with Gasteiger partial charge in [-0.25, -0.2) is 4.79 Å². The number of aromatic nitrogens is 1. The number of nitrogens with zero attached hydrogens (tertiary/aromatic N) is 2. The van der Waals surface area contributed by atoms with Gasteiger partial charge in [-0.05, 0) is 36.4 Å². The van der Waals surface area contributed by atoms with Gasteiger partial charge in [-0.1, -0.05) is 0 Å². The summed E-state index contributed by atoms with van der Waals surface area (Å²) in [5, 5.41) is 4.03. The van der Waals surface area contributed by atoms with Gasteiger partial charge in [0, 0.05) is 44.3 Å². The Labute approximate surface area is 153 Å². The van der Waals surface area contributed by atoms with Crippen molar-refractivity contribution in [3.63, 3.8) is 0 Å². The second-order valence-corrected chi connectivity index (χ2v) is 6.78. The molecule has 0 unspecified atom stereocenters. The molecule has 2 heterocycles. The molecule has 0 spiro atoms. The smallest absolute Gasteiger partial charge is 0.317 e. The molecular weight excluding hydrogens is 332 g/mol. The molecule has 1 fully saturated rings. The number of H-pyrrole nitrogens is 1.